The molecule has 33 heavy (non-hydrogen) atoms. The number of carbonyl (C=O) groups is 1. The van der Waals surface area contributed by atoms with Crippen LogP contribution < -0.4 is 19.7 Å². The van der Waals surface area contributed by atoms with Gasteiger partial charge in [0, 0.05) is 24.8 Å². The minimum atomic E-state index is -4.66. The molecule has 0 unspecified atom stereocenters. The highest BCUT2D eigenvalue weighted by molar-refractivity contribution is 5.93. The average Bonchev–Trinajstić information content (AvgIpc) is 2.82. The van der Waals surface area contributed by atoms with Gasteiger partial charge in [0.15, 0.2) is 23.0 Å². The van der Waals surface area contributed by atoms with Crippen LogP contribution in [0.3, 0.4) is 0 Å². The number of aromatic nitrogens is 2. The average molecular weight is 458 g/mol. The number of fused-ring (bicyclic) bond motifs is 2. The molecule has 2 aliphatic heterocycles. The molecule has 0 spiro atoms. The van der Waals surface area contributed by atoms with Crippen molar-refractivity contribution >= 4 is 28.4 Å². The number of anilines is 2. The van der Waals surface area contributed by atoms with Gasteiger partial charge in [-0.15, -0.1) is 0 Å². The van der Waals surface area contributed by atoms with E-state index in [1.54, 1.807) is 36.4 Å². The minimum Gasteiger partial charge on any atom is -0.486 e. The third kappa shape index (κ3) is 4.37. The maximum Gasteiger partial charge on any atom is 0.437 e. The van der Waals surface area contributed by atoms with Crippen molar-refractivity contribution in [3.05, 3.63) is 48.2 Å². The second-order valence-electron chi connectivity index (χ2n) is 8.02. The number of carbonyl (C=O) groups excluding carboxylic acids is 1. The highest BCUT2D eigenvalue weighted by Gasteiger charge is 2.40. The van der Waals surface area contributed by atoms with Gasteiger partial charge in [0.05, 0.1) is 17.0 Å². The highest BCUT2D eigenvalue weighted by Crippen LogP contribution is 2.37. The van der Waals surface area contributed by atoms with E-state index < -0.39 is 17.8 Å². The number of piperidine rings is 1. The molecule has 5 rings (SSSR count). The van der Waals surface area contributed by atoms with Crippen LogP contribution in [0.15, 0.2) is 42.5 Å². The van der Waals surface area contributed by atoms with Gasteiger partial charge in [-0.05, 0) is 37.1 Å². The summed E-state index contributed by atoms with van der Waals surface area (Å²) in [6.45, 7) is 1.38. The number of alkyl halides is 3. The Labute approximate surface area is 187 Å². The molecule has 172 valence electrons. The van der Waals surface area contributed by atoms with E-state index in [9.17, 15) is 18.0 Å². The third-order valence-electron chi connectivity index (χ3n) is 5.72. The molecule has 0 saturated carbocycles. The number of nitrogens with zero attached hydrogens (tertiary/aromatic N) is 3. The first kappa shape index (κ1) is 21.3. The topological polar surface area (TPSA) is 76.6 Å². The summed E-state index contributed by atoms with van der Waals surface area (Å²) >= 11 is 0. The summed E-state index contributed by atoms with van der Waals surface area (Å²) < 4.78 is 52.4. The zero-order valence-corrected chi connectivity index (χ0v) is 17.6. The Hall–Kier alpha value is -3.56. The van der Waals surface area contributed by atoms with Crippen LogP contribution in [-0.4, -0.2) is 42.2 Å². The molecule has 1 amide bonds. The van der Waals surface area contributed by atoms with Crippen LogP contribution in [0.4, 0.5) is 24.7 Å². The zero-order chi connectivity index (χ0) is 23.0. The van der Waals surface area contributed by atoms with Gasteiger partial charge in [-0.25, -0.2) is 9.97 Å². The molecule has 10 heteroatoms. The molecule has 2 aromatic carbocycles. The lowest BCUT2D eigenvalue weighted by Gasteiger charge is -2.34. The number of halogens is 3. The minimum absolute atomic E-state index is 0.118. The first-order valence-corrected chi connectivity index (χ1v) is 10.7. The van der Waals surface area contributed by atoms with Gasteiger partial charge in [-0.2, -0.15) is 13.2 Å². The lowest BCUT2D eigenvalue weighted by atomic mass is 9.96. The molecular formula is C23H21F3N4O3. The van der Waals surface area contributed by atoms with Gasteiger partial charge in [-0.3, -0.25) is 4.79 Å². The number of hydrogen-bond acceptors (Lipinski definition) is 6. The van der Waals surface area contributed by atoms with Crippen molar-refractivity contribution in [1.82, 2.24) is 9.97 Å². The summed E-state index contributed by atoms with van der Waals surface area (Å²) in [6.07, 6.45) is -3.53. The first-order chi connectivity index (χ1) is 15.9. The molecular weight excluding hydrogens is 437 g/mol. The van der Waals surface area contributed by atoms with Crippen molar-refractivity contribution in [2.24, 2.45) is 5.92 Å². The number of benzene rings is 2. The summed E-state index contributed by atoms with van der Waals surface area (Å²) in [4.78, 5) is 22.6. The Morgan fingerprint density at radius 2 is 1.76 bits per heavy atom. The van der Waals surface area contributed by atoms with Gasteiger partial charge >= 0.3 is 6.18 Å². The third-order valence-corrected chi connectivity index (χ3v) is 5.72. The Bertz CT molecular complexity index is 1200. The molecule has 3 aromatic rings. The van der Waals surface area contributed by atoms with Crippen LogP contribution in [0.2, 0.25) is 0 Å². The summed E-state index contributed by atoms with van der Waals surface area (Å²) in [6, 6.07) is 11.6. The first-order valence-electron chi connectivity index (χ1n) is 10.7. The lowest BCUT2D eigenvalue weighted by Crippen LogP contribution is -2.42. The molecule has 7 nitrogen and oxygen atoms in total. The van der Waals surface area contributed by atoms with Crippen LogP contribution in [0.25, 0.3) is 11.0 Å². The molecule has 0 aliphatic carbocycles. The SMILES string of the molecule is O=C(Nc1ccc2c(c1)OCCO2)[C@@H]1CCCN(c2nc3ccccc3nc2C(F)(F)F)C1. The summed E-state index contributed by atoms with van der Waals surface area (Å²) in [5.74, 6) is 0.154. The zero-order valence-electron chi connectivity index (χ0n) is 17.6. The smallest absolute Gasteiger partial charge is 0.437 e. The predicted octanol–water partition coefficient (Wildman–Crippen LogP) is 4.27. The van der Waals surface area contributed by atoms with Crippen LogP contribution in [0, 0.1) is 5.92 Å². The number of nitrogens with one attached hydrogen (secondary N) is 1. The van der Waals surface area contributed by atoms with E-state index in [0.717, 1.165) is 0 Å². The van der Waals surface area contributed by atoms with E-state index in [1.807, 2.05) is 0 Å². The van der Waals surface area contributed by atoms with Gasteiger partial charge in [0.1, 0.15) is 13.2 Å². The summed E-state index contributed by atoms with van der Waals surface area (Å²) in [5.41, 5.74) is 0.0683. The molecule has 1 aromatic heterocycles. The molecule has 1 N–H and O–H groups in total. The van der Waals surface area contributed by atoms with E-state index in [1.165, 1.54) is 11.0 Å². The molecule has 1 atom stereocenters. The van der Waals surface area contributed by atoms with E-state index in [-0.39, 0.29) is 23.8 Å². The van der Waals surface area contributed by atoms with Gasteiger partial charge in [0.2, 0.25) is 5.91 Å². The fourth-order valence-electron chi connectivity index (χ4n) is 4.15. The second kappa shape index (κ2) is 8.42. The predicted molar refractivity (Wildman–Crippen MR) is 116 cm³/mol. The standard InChI is InChI=1S/C23H21F3N4O3/c24-23(25,26)20-21(29-17-6-2-1-5-16(17)28-20)30-9-3-4-14(13-30)22(31)27-15-7-8-18-19(12-15)33-11-10-32-18/h1-2,5-8,12,14H,3-4,9-11,13H2,(H,27,31)/t14-/m1/s1. The van der Waals surface area contributed by atoms with Crippen molar-refractivity contribution in [2.45, 2.75) is 19.0 Å². The van der Waals surface area contributed by atoms with E-state index in [2.05, 4.69) is 15.3 Å². The number of ether oxygens (including phenoxy) is 2. The maximum atomic E-state index is 13.8. The number of rotatable bonds is 3. The number of hydrogen-bond donors (Lipinski definition) is 1. The van der Waals surface area contributed by atoms with Gasteiger partial charge in [-0.1, -0.05) is 12.1 Å². The van der Waals surface area contributed by atoms with Crippen LogP contribution in [0.1, 0.15) is 18.5 Å². The molecule has 0 radical (unpaired) electrons. The molecule has 3 heterocycles. The Balaban J connectivity index is 1.37. The van der Waals surface area contributed by atoms with Crippen molar-refractivity contribution in [3.8, 4) is 11.5 Å². The van der Waals surface area contributed by atoms with Crippen molar-refractivity contribution in [2.75, 3.05) is 36.5 Å². The number of amides is 1. The monoisotopic (exact) mass is 458 g/mol. The quantitative estimate of drug-likeness (QED) is 0.632. The van der Waals surface area contributed by atoms with E-state index in [0.29, 0.717) is 55.3 Å². The highest BCUT2D eigenvalue weighted by atomic mass is 19.4. The fourth-order valence-corrected chi connectivity index (χ4v) is 4.15. The largest absolute Gasteiger partial charge is 0.486 e. The number of para-hydroxylation sites is 2. The van der Waals surface area contributed by atoms with Crippen molar-refractivity contribution < 1.29 is 27.4 Å². The van der Waals surface area contributed by atoms with Crippen molar-refractivity contribution in [3.63, 3.8) is 0 Å². The Morgan fingerprint density at radius 1 is 1.03 bits per heavy atom. The van der Waals surface area contributed by atoms with Gasteiger partial charge in [0.25, 0.3) is 0 Å². The fraction of sp³-hybridized carbons (Fsp3) is 0.348. The molecule has 1 saturated heterocycles. The second-order valence-corrected chi connectivity index (χ2v) is 8.02. The summed E-state index contributed by atoms with van der Waals surface area (Å²) in [5, 5.41) is 2.85. The normalized spacial score (nSPS) is 18.3. The van der Waals surface area contributed by atoms with Crippen LogP contribution in [-0.2, 0) is 11.0 Å². The molecule has 0 bridgehead atoms. The maximum absolute atomic E-state index is 13.8. The van der Waals surface area contributed by atoms with Gasteiger partial charge < -0.3 is 19.7 Å². The Kier molecular flexibility index (Phi) is 5.43. The van der Waals surface area contributed by atoms with Crippen molar-refractivity contribution in [1.29, 1.82) is 0 Å². The van der Waals surface area contributed by atoms with Crippen LogP contribution in [0.5, 0.6) is 11.5 Å². The Morgan fingerprint density at radius 3 is 2.52 bits per heavy atom. The van der Waals surface area contributed by atoms with Crippen LogP contribution >= 0.6 is 0 Å². The van der Waals surface area contributed by atoms with E-state index >= 15 is 0 Å². The lowest BCUT2D eigenvalue weighted by molar-refractivity contribution is -0.140. The van der Waals surface area contributed by atoms with E-state index in [4.69, 9.17) is 9.47 Å². The molecule has 1 fully saturated rings. The summed E-state index contributed by atoms with van der Waals surface area (Å²) in [7, 11) is 0. The molecule has 2 aliphatic rings.